The molecule has 3 rings (SSSR count). The maximum absolute atomic E-state index is 12.2. The molecule has 1 aliphatic heterocycles. The van der Waals surface area contributed by atoms with E-state index < -0.39 is 13.7 Å². The SMILES string of the molecule is CC(C)(C)OC(=O)N1CC[C@H](Oc2cnc3c(ccn3COCC[Si](C)(C)C)n2)C1. The first-order chi connectivity index (χ1) is 14.0. The second-order valence-electron chi connectivity index (χ2n) is 10.0. The highest BCUT2D eigenvalue weighted by molar-refractivity contribution is 6.76. The largest absolute Gasteiger partial charge is 0.471 e. The van der Waals surface area contributed by atoms with Crippen molar-refractivity contribution in [3.8, 4) is 5.88 Å². The Hall–Kier alpha value is -2.13. The van der Waals surface area contributed by atoms with Gasteiger partial charge < -0.3 is 23.7 Å². The molecule has 1 fully saturated rings. The van der Waals surface area contributed by atoms with Gasteiger partial charge in [0.15, 0.2) is 5.65 Å². The fourth-order valence-corrected chi connectivity index (χ4v) is 3.89. The fourth-order valence-electron chi connectivity index (χ4n) is 3.13. The van der Waals surface area contributed by atoms with Crippen LogP contribution >= 0.6 is 0 Å². The van der Waals surface area contributed by atoms with Crippen molar-refractivity contribution in [3.05, 3.63) is 18.5 Å². The summed E-state index contributed by atoms with van der Waals surface area (Å²) < 4.78 is 19.2. The van der Waals surface area contributed by atoms with E-state index in [1.165, 1.54) is 0 Å². The number of fused-ring (bicyclic) bond motifs is 1. The van der Waals surface area contributed by atoms with Crippen LogP contribution < -0.4 is 4.74 Å². The van der Waals surface area contributed by atoms with Gasteiger partial charge in [0.25, 0.3) is 0 Å². The highest BCUT2D eigenvalue weighted by Gasteiger charge is 2.31. The summed E-state index contributed by atoms with van der Waals surface area (Å²) in [4.78, 5) is 23.0. The Bertz CT molecular complexity index is 872. The Balaban J connectivity index is 1.54. The third-order valence-corrected chi connectivity index (χ3v) is 6.46. The van der Waals surface area contributed by atoms with Crippen LogP contribution in [-0.2, 0) is 16.2 Å². The lowest BCUT2D eigenvalue weighted by Gasteiger charge is -2.24. The van der Waals surface area contributed by atoms with Crippen molar-refractivity contribution in [2.24, 2.45) is 0 Å². The van der Waals surface area contributed by atoms with Gasteiger partial charge in [-0.15, -0.1) is 0 Å². The van der Waals surface area contributed by atoms with Crippen molar-refractivity contribution >= 4 is 25.3 Å². The molecule has 0 aromatic carbocycles. The lowest BCUT2D eigenvalue weighted by atomic mass is 10.2. The molecule has 0 aliphatic carbocycles. The first kappa shape index (κ1) is 22.5. The molecule has 0 spiro atoms. The first-order valence-electron chi connectivity index (χ1n) is 10.5. The third-order valence-electron chi connectivity index (χ3n) is 4.75. The van der Waals surface area contributed by atoms with E-state index in [0.717, 1.165) is 30.2 Å². The van der Waals surface area contributed by atoms with Crippen LogP contribution in [0, 0.1) is 0 Å². The van der Waals surface area contributed by atoms with Crippen LogP contribution in [0.4, 0.5) is 4.79 Å². The summed E-state index contributed by atoms with van der Waals surface area (Å²) in [6.45, 7) is 14.9. The van der Waals surface area contributed by atoms with Gasteiger partial charge in [-0.25, -0.2) is 14.8 Å². The molecule has 9 heteroatoms. The maximum Gasteiger partial charge on any atom is 0.410 e. The van der Waals surface area contributed by atoms with Crippen LogP contribution in [0.2, 0.25) is 25.7 Å². The number of hydrogen-bond acceptors (Lipinski definition) is 6. The maximum atomic E-state index is 12.2. The molecule has 2 aromatic heterocycles. The summed E-state index contributed by atoms with van der Waals surface area (Å²) in [5, 5.41) is 0. The predicted octanol–water partition coefficient (Wildman–Crippen LogP) is 4.13. The first-order valence-corrected chi connectivity index (χ1v) is 14.3. The molecule has 0 bridgehead atoms. The molecular formula is C21H34N4O4Si. The number of carbonyl (C=O) groups is 1. The van der Waals surface area contributed by atoms with Gasteiger partial charge in [-0.3, -0.25) is 0 Å². The average Bonchev–Trinajstić information content (AvgIpc) is 3.23. The van der Waals surface area contributed by atoms with Gasteiger partial charge in [0.1, 0.15) is 24.0 Å². The minimum atomic E-state index is -1.09. The number of amides is 1. The number of nitrogens with zero attached hydrogens (tertiary/aromatic N) is 4. The van der Waals surface area contributed by atoms with Gasteiger partial charge in [-0.05, 0) is 32.9 Å². The molecule has 8 nitrogen and oxygen atoms in total. The zero-order chi connectivity index (χ0) is 21.9. The lowest BCUT2D eigenvalue weighted by molar-refractivity contribution is 0.0275. The fraction of sp³-hybridized carbons (Fsp3) is 0.667. The van der Waals surface area contributed by atoms with Crippen molar-refractivity contribution in [2.45, 2.75) is 71.3 Å². The van der Waals surface area contributed by atoms with Gasteiger partial charge >= 0.3 is 6.09 Å². The molecule has 1 atom stereocenters. The Morgan fingerprint density at radius 1 is 1.30 bits per heavy atom. The smallest absolute Gasteiger partial charge is 0.410 e. The van der Waals surface area contributed by atoms with Crippen molar-refractivity contribution in [1.82, 2.24) is 19.4 Å². The van der Waals surface area contributed by atoms with Crippen LogP contribution in [0.5, 0.6) is 5.88 Å². The monoisotopic (exact) mass is 434 g/mol. The van der Waals surface area contributed by atoms with Gasteiger partial charge in [0.05, 0.1) is 12.7 Å². The van der Waals surface area contributed by atoms with Crippen molar-refractivity contribution in [2.75, 3.05) is 19.7 Å². The molecule has 0 radical (unpaired) electrons. The minimum Gasteiger partial charge on any atom is -0.471 e. The second kappa shape index (κ2) is 8.93. The molecule has 166 valence electrons. The van der Waals surface area contributed by atoms with E-state index in [2.05, 4.69) is 29.6 Å². The quantitative estimate of drug-likeness (QED) is 0.482. The zero-order valence-electron chi connectivity index (χ0n) is 19.0. The van der Waals surface area contributed by atoms with Crippen LogP contribution in [-0.4, -0.2) is 65.0 Å². The van der Waals surface area contributed by atoms with Crippen LogP contribution in [0.1, 0.15) is 27.2 Å². The highest BCUT2D eigenvalue weighted by atomic mass is 28.3. The number of hydrogen-bond donors (Lipinski definition) is 0. The summed E-state index contributed by atoms with van der Waals surface area (Å²) in [5.41, 5.74) is 1.04. The van der Waals surface area contributed by atoms with Crippen molar-refractivity contribution < 1.29 is 19.0 Å². The van der Waals surface area contributed by atoms with Crippen LogP contribution in [0.3, 0.4) is 0 Å². The van der Waals surface area contributed by atoms with E-state index in [0.29, 0.717) is 25.7 Å². The van der Waals surface area contributed by atoms with Crippen LogP contribution in [0.15, 0.2) is 18.5 Å². The molecular weight excluding hydrogens is 400 g/mol. The number of aromatic nitrogens is 3. The lowest BCUT2D eigenvalue weighted by Crippen LogP contribution is -2.36. The van der Waals surface area contributed by atoms with E-state index in [1.54, 1.807) is 11.1 Å². The second-order valence-corrected chi connectivity index (χ2v) is 15.6. The van der Waals surface area contributed by atoms with Crippen molar-refractivity contribution in [1.29, 1.82) is 0 Å². The van der Waals surface area contributed by atoms with E-state index in [1.807, 2.05) is 37.6 Å². The Labute approximate surface area is 179 Å². The molecule has 0 saturated carbocycles. The summed E-state index contributed by atoms with van der Waals surface area (Å²) in [6, 6.07) is 3.05. The zero-order valence-corrected chi connectivity index (χ0v) is 20.0. The topological polar surface area (TPSA) is 78.7 Å². The Morgan fingerprint density at radius 2 is 2.07 bits per heavy atom. The Morgan fingerprint density at radius 3 is 2.77 bits per heavy atom. The van der Waals surface area contributed by atoms with E-state index >= 15 is 0 Å². The molecule has 1 saturated heterocycles. The van der Waals surface area contributed by atoms with Gasteiger partial charge in [-0.1, -0.05) is 19.6 Å². The summed E-state index contributed by atoms with van der Waals surface area (Å²) in [6.07, 6.45) is 3.89. The molecule has 1 amide bonds. The molecule has 0 unspecified atom stereocenters. The Kier molecular flexibility index (Phi) is 6.71. The third kappa shape index (κ3) is 6.43. The molecule has 30 heavy (non-hydrogen) atoms. The average molecular weight is 435 g/mol. The summed E-state index contributed by atoms with van der Waals surface area (Å²) in [7, 11) is -1.09. The molecule has 3 heterocycles. The predicted molar refractivity (Wildman–Crippen MR) is 118 cm³/mol. The summed E-state index contributed by atoms with van der Waals surface area (Å²) in [5.74, 6) is 0.468. The van der Waals surface area contributed by atoms with Gasteiger partial charge in [0, 0.05) is 33.8 Å². The normalized spacial score (nSPS) is 17.5. The number of ether oxygens (including phenoxy) is 3. The van der Waals surface area contributed by atoms with E-state index in [4.69, 9.17) is 14.2 Å². The van der Waals surface area contributed by atoms with Crippen LogP contribution in [0.25, 0.3) is 11.2 Å². The molecule has 2 aromatic rings. The number of likely N-dealkylation sites (tertiary alicyclic amines) is 1. The molecule has 0 N–H and O–H groups in total. The number of rotatable bonds is 7. The minimum absolute atomic E-state index is 0.115. The molecule has 1 aliphatic rings. The van der Waals surface area contributed by atoms with Gasteiger partial charge in [-0.2, -0.15) is 0 Å². The van der Waals surface area contributed by atoms with Crippen molar-refractivity contribution in [3.63, 3.8) is 0 Å². The van der Waals surface area contributed by atoms with E-state index in [9.17, 15) is 4.79 Å². The van der Waals surface area contributed by atoms with E-state index in [-0.39, 0.29) is 12.2 Å². The summed E-state index contributed by atoms with van der Waals surface area (Å²) >= 11 is 0. The highest BCUT2D eigenvalue weighted by Crippen LogP contribution is 2.21. The standard InChI is InChI=1S/C21H34N4O4Si/c1-21(2,3)29-20(26)24-9-7-16(14-24)28-18-13-22-19-17(23-18)8-10-25(19)15-27-11-12-30(4,5)6/h8,10,13,16H,7,9,11-12,14-15H2,1-6H3/t16-/m0/s1. The van der Waals surface area contributed by atoms with Gasteiger partial charge in [0.2, 0.25) is 5.88 Å². The number of carbonyl (C=O) groups excluding carboxylic acids is 1.